The molecule has 7 nitrogen and oxygen atoms in total. The molecule has 1 aromatic carbocycles. The van der Waals surface area contributed by atoms with E-state index in [2.05, 4.69) is 25.2 Å². The molecule has 2 aromatic rings. The average molecular weight is 354 g/mol. The van der Waals surface area contributed by atoms with Gasteiger partial charge in [-0.2, -0.15) is 15.0 Å². The van der Waals surface area contributed by atoms with Crippen molar-refractivity contribution in [3.63, 3.8) is 0 Å². The van der Waals surface area contributed by atoms with Crippen LogP contribution in [0.3, 0.4) is 0 Å². The van der Waals surface area contributed by atoms with Crippen molar-refractivity contribution in [2.45, 2.75) is 51.2 Å². The zero-order chi connectivity index (χ0) is 18.1. The first-order valence-electron chi connectivity index (χ1n) is 9.31. The van der Waals surface area contributed by atoms with Crippen molar-refractivity contribution < 1.29 is 5.11 Å². The Hall–Kier alpha value is -2.25. The smallest absolute Gasteiger partial charge is 0.232 e. The number of fused-ring (bicyclic) bond motifs is 2. The molecule has 3 heterocycles. The van der Waals surface area contributed by atoms with Crippen LogP contribution in [-0.2, 0) is 6.54 Å². The number of nitrogen functional groups attached to an aromatic ring is 1. The van der Waals surface area contributed by atoms with Crippen molar-refractivity contribution in [2.75, 3.05) is 17.7 Å². The highest BCUT2D eigenvalue weighted by molar-refractivity contribution is 5.54. The summed E-state index contributed by atoms with van der Waals surface area (Å²) in [5, 5.41) is 12.7. The van der Waals surface area contributed by atoms with Gasteiger partial charge >= 0.3 is 0 Å². The summed E-state index contributed by atoms with van der Waals surface area (Å²) in [6, 6.07) is 9.08. The van der Waals surface area contributed by atoms with Gasteiger partial charge in [0.15, 0.2) is 0 Å². The minimum atomic E-state index is 0.239. The molecule has 2 aliphatic heterocycles. The minimum Gasteiger partial charge on any atom is -0.396 e. The number of aryl methyl sites for hydroxylation is 1. The van der Waals surface area contributed by atoms with Gasteiger partial charge in [-0.1, -0.05) is 12.1 Å². The van der Waals surface area contributed by atoms with Crippen LogP contribution in [0.15, 0.2) is 24.3 Å². The van der Waals surface area contributed by atoms with Crippen LogP contribution in [0.1, 0.15) is 37.1 Å². The van der Waals surface area contributed by atoms with Gasteiger partial charge in [-0.05, 0) is 56.2 Å². The van der Waals surface area contributed by atoms with Gasteiger partial charge in [0, 0.05) is 24.4 Å². The molecule has 2 bridgehead atoms. The fourth-order valence-electron chi connectivity index (χ4n) is 4.37. The Bertz CT molecular complexity index is 768. The lowest BCUT2D eigenvalue weighted by Gasteiger charge is -2.37. The summed E-state index contributed by atoms with van der Waals surface area (Å²) in [5.41, 5.74) is 8.03. The number of rotatable bonds is 5. The van der Waals surface area contributed by atoms with Gasteiger partial charge in [-0.3, -0.25) is 4.90 Å². The van der Waals surface area contributed by atoms with Crippen molar-refractivity contribution in [1.82, 2.24) is 19.9 Å². The summed E-state index contributed by atoms with van der Waals surface area (Å²) >= 11 is 0. The van der Waals surface area contributed by atoms with Crippen molar-refractivity contribution in [2.24, 2.45) is 5.92 Å². The lowest BCUT2D eigenvalue weighted by atomic mass is 9.91. The maximum atomic E-state index is 9.49. The maximum absolute atomic E-state index is 9.49. The van der Waals surface area contributed by atoms with Crippen LogP contribution in [0.5, 0.6) is 0 Å². The molecule has 4 rings (SSSR count). The number of nitrogens with one attached hydrogen (secondary N) is 1. The predicted molar refractivity (Wildman–Crippen MR) is 101 cm³/mol. The Balaban J connectivity index is 1.50. The van der Waals surface area contributed by atoms with Gasteiger partial charge in [-0.25, -0.2) is 0 Å². The zero-order valence-electron chi connectivity index (χ0n) is 15.1. The average Bonchev–Trinajstić information content (AvgIpc) is 2.83. The van der Waals surface area contributed by atoms with E-state index in [4.69, 9.17) is 5.73 Å². The third-order valence-corrected chi connectivity index (χ3v) is 5.54. The van der Waals surface area contributed by atoms with E-state index in [9.17, 15) is 5.11 Å². The van der Waals surface area contributed by atoms with Crippen LogP contribution < -0.4 is 11.1 Å². The van der Waals surface area contributed by atoms with Crippen LogP contribution in [0.2, 0.25) is 0 Å². The lowest BCUT2D eigenvalue weighted by molar-refractivity contribution is 0.0664. The SMILES string of the molecule is Cc1cccc(Nc2nc(N)nc(CN3[C@@H]4CC[C@H]3CC(CO)C4)n2)c1. The summed E-state index contributed by atoms with van der Waals surface area (Å²) in [4.78, 5) is 15.6. The monoisotopic (exact) mass is 354 g/mol. The number of anilines is 3. The molecule has 138 valence electrons. The fraction of sp³-hybridized carbons (Fsp3) is 0.526. The quantitative estimate of drug-likeness (QED) is 0.757. The molecule has 2 saturated heterocycles. The number of nitrogens with two attached hydrogens (primary N) is 1. The second-order valence-electron chi connectivity index (χ2n) is 7.51. The van der Waals surface area contributed by atoms with Gasteiger partial charge < -0.3 is 16.2 Å². The Morgan fingerprint density at radius 1 is 1.19 bits per heavy atom. The highest BCUT2D eigenvalue weighted by Crippen LogP contribution is 2.39. The van der Waals surface area contributed by atoms with E-state index in [1.807, 2.05) is 31.2 Å². The number of aliphatic hydroxyl groups excluding tert-OH is 1. The van der Waals surface area contributed by atoms with E-state index in [0.717, 1.165) is 18.5 Å². The molecule has 0 saturated carbocycles. The molecule has 0 radical (unpaired) electrons. The largest absolute Gasteiger partial charge is 0.396 e. The number of aromatic nitrogens is 3. The molecule has 26 heavy (non-hydrogen) atoms. The Morgan fingerprint density at radius 3 is 2.65 bits per heavy atom. The van der Waals surface area contributed by atoms with E-state index in [0.29, 0.717) is 42.9 Å². The summed E-state index contributed by atoms with van der Waals surface area (Å²) in [5.74, 6) is 1.86. The van der Waals surface area contributed by atoms with Crippen LogP contribution in [0.25, 0.3) is 0 Å². The third kappa shape index (κ3) is 3.64. The van der Waals surface area contributed by atoms with Gasteiger partial charge in [0.1, 0.15) is 5.82 Å². The van der Waals surface area contributed by atoms with Crippen LogP contribution in [-0.4, -0.2) is 43.6 Å². The van der Waals surface area contributed by atoms with Gasteiger partial charge in [-0.15, -0.1) is 0 Å². The zero-order valence-corrected chi connectivity index (χ0v) is 15.1. The van der Waals surface area contributed by atoms with Crippen LogP contribution in [0.4, 0.5) is 17.6 Å². The normalized spacial score (nSPS) is 25.4. The van der Waals surface area contributed by atoms with E-state index < -0.39 is 0 Å². The van der Waals surface area contributed by atoms with Crippen molar-refractivity contribution >= 4 is 17.6 Å². The molecule has 0 spiro atoms. The molecule has 1 unspecified atom stereocenters. The molecule has 7 heteroatoms. The van der Waals surface area contributed by atoms with Gasteiger partial charge in [0.05, 0.1) is 6.54 Å². The Labute approximate surface area is 153 Å². The van der Waals surface area contributed by atoms with Crippen molar-refractivity contribution in [1.29, 1.82) is 0 Å². The first-order chi connectivity index (χ1) is 12.6. The molecular formula is C19H26N6O. The third-order valence-electron chi connectivity index (χ3n) is 5.54. The lowest BCUT2D eigenvalue weighted by Crippen LogP contribution is -2.43. The number of piperidine rings is 1. The Kier molecular flexibility index (Phi) is 4.74. The Morgan fingerprint density at radius 2 is 1.96 bits per heavy atom. The molecule has 3 atom stereocenters. The molecule has 0 amide bonds. The predicted octanol–water partition coefficient (Wildman–Crippen LogP) is 2.24. The molecule has 0 aliphatic carbocycles. The minimum absolute atomic E-state index is 0.239. The van der Waals surface area contributed by atoms with Crippen LogP contribution in [0, 0.1) is 12.8 Å². The molecule has 2 fully saturated rings. The summed E-state index contributed by atoms with van der Waals surface area (Å²) in [7, 11) is 0. The molecule has 2 aliphatic rings. The highest BCUT2D eigenvalue weighted by atomic mass is 16.3. The summed E-state index contributed by atoms with van der Waals surface area (Å²) < 4.78 is 0. The van der Waals surface area contributed by atoms with E-state index in [1.165, 1.54) is 18.4 Å². The molecule has 4 N–H and O–H groups in total. The second-order valence-corrected chi connectivity index (χ2v) is 7.51. The van der Waals surface area contributed by atoms with Crippen LogP contribution >= 0.6 is 0 Å². The molecule has 1 aromatic heterocycles. The molecular weight excluding hydrogens is 328 g/mol. The fourth-order valence-corrected chi connectivity index (χ4v) is 4.37. The number of nitrogens with zero attached hydrogens (tertiary/aromatic N) is 4. The second kappa shape index (κ2) is 7.17. The van der Waals surface area contributed by atoms with E-state index >= 15 is 0 Å². The number of aliphatic hydroxyl groups is 1. The number of hydrogen-bond acceptors (Lipinski definition) is 7. The van der Waals surface area contributed by atoms with Crippen molar-refractivity contribution in [3.05, 3.63) is 35.7 Å². The van der Waals surface area contributed by atoms with Gasteiger partial charge in [0.2, 0.25) is 11.9 Å². The first-order valence-corrected chi connectivity index (χ1v) is 9.31. The number of hydrogen-bond donors (Lipinski definition) is 3. The van der Waals surface area contributed by atoms with E-state index in [-0.39, 0.29) is 5.95 Å². The summed E-state index contributed by atoms with van der Waals surface area (Å²) in [6.45, 7) is 3.02. The standard InChI is InChI=1S/C19H26N6O/c1-12-3-2-4-14(7-12)21-19-23-17(22-18(20)24-19)10-25-15-5-6-16(25)9-13(8-15)11-26/h2-4,7,13,15-16,26H,5-6,8-11H2,1H3,(H3,20,21,22,23,24)/t13?,15-,16+. The van der Waals surface area contributed by atoms with Gasteiger partial charge in [0.25, 0.3) is 0 Å². The van der Waals surface area contributed by atoms with E-state index in [1.54, 1.807) is 0 Å². The maximum Gasteiger partial charge on any atom is 0.232 e. The number of benzene rings is 1. The summed E-state index contributed by atoms with van der Waals surface area (Å²) in [6.07, 6.45) is 4.50. The first kappa shape index (κ1) is 17.2. The topological polar surface area (TPSA) is 100 Å². The van der Waals surface area contributed by atoms with Crippen molar-refractivity contribution in [3.8, 4) is 0 Å². The highest BCUT2D eigenvalue weighted by Gasteiger charge is 2.40.